The molecule has 0 saturated heterocycles. The summed E-state index contributed by atoms with van der Waals surface area (Å²) in [5.41, 5.74) is 1.17. The number of carbonyl (C=O) groups is 3. The third kappa shape index (κ3) is 5.77. The first kappa shape index (κ1) is 19.8. The third-order valence-electron chi connectivity index (χ3n) is 3.47. The van der Waals surface area contributed by atoms with Crippen molar-refractivity contribution in [2.45, 2.75) is 46.1 Å². The van der Waals surface area contributed by atoms with Crippen LogP contribution < -0.4 is 5.32 Å². The van der Waals surface area contributed by atoms with Gasteiger partial charge in [0.05, 0.1) is 11.8 Å². The Bertz CT molecular complexity index is 784. The van der Waals surface area contributed by atoms with Crippen molar-refractivity contribution in [1.82, 2.24) is 4.98 Å². The number of hydrogen-bond acceptors (Lipinski definition) is 6. The number of carbonyl (C=O) groups excluding carboxylic acids is 3. The van der Waals surface area contributed by atoms with Gasteiger partial charge in [-0.15, -0.1) is 0 Å². The molecule has 0 fully saturated rings. The Morgan fingerprint density at radius 3 is 2.50 bits per heavy atom. The van der Waals surface area contributed by atoms with Crippen molar-refractivity contribution < 1.29 is 19.1 Å². The predicted molar refractivity (Wildman–Crippen MR) is 101 cm³/mol. The summed E-state index contributed by atoms with van der Waals surface area (Å²) < 4.78 is 5.15. The smallest absolute Gasteiger partial charge is 0.350 e. The van der Waals surface area contributed by atoms with E-state index >= 15 is 0 Å². The summed E-state index contributed by atoms with van der Waals surface area (Å²) in [5, 5.41) is 3.03. The number of aromatic nitrogens is 1. The highest BCUT2D eigenvalue weighted by Crippen LogP contribution is 2.24. The molecule has 1 aromatic heterocycles. The second-order valence-electron chi connectivity index (χ2n) is 6.08. The Kier molecular flexibility index (Phi) is 7.03. The number of thiazole rings is 1. The molecule has 0 bridgehead atoms. The van der Waals surface area contributed by atoms with Gasteiger partial charge in [-0.1, -0.05) is 41.7 Å². The van der Waals surface area contributed by atoms with Crippen LogP contribution in [0.2, 0.25) is 0 Å². The quantitative estimate of drug-likeness (QED) is 0.557. The van der Waals surface area contributed by atoms with Gasteiger partial charge >= 0.3 is 5.97 Å². The molecular weight excluding hydrogens is 352 g/mol. The maximum absolute atomic E-state index is 12.0. The van der Waals surface area contributed by atoms with Crippen molar-refractivity contribution >= 4 is 34.1 Å². The minimum atomic E-state index is -0.441. The Labute approximate surface area is 156 Å². The van der Waals surface area contributed by atoms with Crippen LogP contribution in [0, 0.1) is 6.92 Å². The van der Waals surface area contributed by atoms with E-state index in [2.05, 4.69) is 10.3 Å². The SMILES string of the molecule is Cc1nc(NC(=O)CCCC(=O)c2ccccc2)sc1C(=O)OC(C)C. The molecular formula is C19H22N2O4S. The number of anilines is 1. The largest absolute Gasteiger partial charge is 0.459 e. The third-order valence-corrected chi connectivity index (χ3v) is 4.53. The van der Waals surface area contributed by atoms with Crippen molar-refractivity contribution in [1.29, 1.82) is 0 Å². The van der Waals surface area contributed by atoms with E-state index in [1.165, 1.54) is 0 Å². The molecule has 0 unspecified atom stereocenters. The van der Waals surface area contributed by atoms with Crippen molar-refractivity contribution in [2.24, 2.45) is 0 Å². The normalized spacial score (nSPS) is 10.6. The van der Waals surface area contributed by atoms with Crippen LogP contribution in [0.3, 0.4) is 0 Å². The molecule has 0 spiro atoms. The summed E-state index contributed by atoms with van der Waals surface area (Å²) in [6.45, 7) is 5.24. The highest BCUT2D eigenvalue weighted by atomic mass is 32.1. The summed E-state index contributed by atoms with van der Waals surface area (Å²) in [6.07, 6.45) is 0.749. The molecule has 0 aliphatic carbocycles. The van der Waals surface area contributed by atoms with Gasteiger partial charge in [0.25, 0.3) is 0 Å². The van der Waals surface area contributed by atoms with E-state index in [0.29, 0.717) is 34.1 Å². The Morgan fingerprint density at radius 1 is 1.15 bits per heavy atom. The van der Waals surface area contributed by atoms with E-state index in [-0.39, 0.29) is 24.2 Å². The average Bonchev–Trinajstić information content (AvgIpc) is 2.95. The molecule has 2 aromatic rings. The summed E-state index contributed by atoms with van der Waals surface area (Å²) >= 11 is 1.09. The van der Waals surface area contributed by atoms with Crippen LogP contribution in [0.4, 0.5) is 5.13 Å². The van der Waals surface area contributed by atoms with Crippen molar-refractivity contribution in [3.63, 3.8) is 0 Å². The molecule has 0 radical (unpaired) electrons. The maximum atomic E-state index is 12.0. The summed E-state index contributed by atoms with van der Waals surface area (Å²) in [7, 11) is 0. The summed E-state index contributed by atoms with van der Waals surface area (Å²) in [6, 6.07) is 9.00. The first-order valence-electron chi connectivity index (χ1n) is 8.43. The van der Waals surface area contributed by atoms with Gasteiger partial charge < -0.3 is 10.1 Å². The molecule has 6 nitrogen and oxygen atoms in total. The Morgan fingerprint density at radius 2 is 1.85 bits per heavy atom. The van der Waals surface area contributed by atoms with Gasteiger partial charge in [-0.2, -0.15) is 0 Å². The van der Waals surface area contributed by atoms with Crippen molar-refractivity contribution in [2.75, 3.05) is 5.32 Å². The minimum absolute atomic E-state index is 0.0159. The van der Waals surface area contributed by atoms with E-state index in [4.69, 9.17) is 4.74 Å². The fourth-order valence-corrected chi connectivity index (χ4v) is 3.13. The van der Waals surface area contributed by atoms with Gasteiger partial charge in [0.1, 0.15) is 4.88 Å². The van der Waals surface area contributed by atoms with Crippen LogP contribution in [0.15, 0.2) is 30.3 Å². The number of esters is 1. The standard InChI is InChI=1S/C19H22N2O4S/c1-12(2)25-18(24)17-13(3)20-19(26-17)21-16(23)11-7-10-15(22)14-8-5-4-6-9-14/h4-6,8-9,12H,7,10-11H2,1-3H3,(H,20,21,23). The molecule has 1 heterocycles. The monoisotopic (exact) mass is 374 g/mol. The summed E-state index contributed by atoms with van der Waals surface area (Å²) in [4.78, 5) is 40.6. The van der Waals surface area contributed by atoms with E-state index < -0.39 is 5.97 Å². The first-order valence-corrected chi connectivity index (χ1v) is 9.25. The number of ketones is 1. The van der Waals surface area contributed by atoms with E-state index in [1.54, 1.807) is 32.9 Å². The maximum Gasteiger partial charge on any atom is 0.350 e. The summed E-state index contributed by atoms with van der Waals surface area (Å²) in [5.74, 6) is -0.658. The first-order chi connectivity index (χ1) is 12.4. The van der Waals surface area contributed by atoms with Crippen LogP contribution in [-0.4, -0.2) is 28.7 Å². The van der Waals surface area contributed by atoms with Gasteiger partial charge in [-0.05, 0) is 27.2 Å². The number of rotatable bonds is 8. The minimum Gasteiger partial charge on any atom is -0.459 e. The second-order valence-corrected chi connectivity index (χ2v) is 7.08. The Balaban J connectivity index is 1.83. The Hall–Kier alpha value is -2.54. The van der Waals surface area contributed by atoms with E-state index in [9.17, 15) is 14.4 Å². The molecule has 1 N–H and O–H groups in total. The number of benzene rings is 1. The highest BCUT2D eigenvalue weighted by molar-refractivity contribution is 7.17. The number of ether oxygens (including phenoxy) is 1. The van der Waals surface area contributed by atoms with Crippen LogP contribution in [-0.2, 0) is 9.53 Å². The van der Waals surface area contributed by atoms with Crippen LogP contribution >= 0.6 is 11.3 Å². The molecule has 138 valence electrons. The van der Waals surface area contributed by atoms with Crippen molar-refractivity contribution in [3.05, 3.63) is 46.5 Å². The fourth-order valence-electron chi connectivity index (χ4n) is 2.27. The number of amides is 1. The zero-order valence-electron chi connectivity index (χ0n) is 15.1. The number of aryl methyl sites for hydroxylation is 1. The van der Waals surface area contributed by atoms with Gasteiger partial charge in [0, 0.05) is 18.4 Å². The molecule has 2 rings (SSSR count). The van der Waals surface area contributed by atoms with Crippen molar-refractivity contribution in [3.8, 4) is 0 Å². The average molecular weight is 374 g/mol. The fraction of sp³-hybridized carbons (Fsp3) is 0.368. The lowest BCUT2D eigenvalue weighted by Crippen LogP contribution is -2.12. The molecule has 1 amide bonds. The van der Waals surface area contributed by atoms with Crippen LogP contribution in [0.5, 0.6) is 0 Å². The number of nitrogens with one attached hydrogen (secondary N) is 1. The van der Waals surface area contributed by atoms with Crippen LogP contribution in [0.25, 0.3) is 0 Å². The molecule has 0 saturated carbocycles. The lowest BCUT2D eigenvalue weighted by atomic mass is 10.1. The van der Waals surface area contributed by atoms with Gasteiger partial charge in [0.15, 0.2) is 10.9 Å². The molecule has 7 heteroatoms. The number of Topliss-reactive ketones (excluding diaryl/α,β-unsaturated/α-hetero) is 1. The van der Waals surface area contributed by atoms with Crippen LogP contribution in [0.1, 0.15) is 58.8 Å². The van der Waals surface area contributed by atoms with E-state index in [0.717, 1.165) is 11.3 Å². The lowest BCUT2D eigenvalue weighted by molar-refractivity contribution is -0.116. The molecule has 1 aromatic carbocycles. The molecule has 26 heavy (non-hydrogen) atoms. The van der Waals surface area contributed by atoms with Gasteiger partial charge in [-0.25, -0.2) is 9.78 Å². The van der Waals surface area contributed by atoms with Gasteiger partial charge in [0.2, 0.25) is 5.91 Å². The molecule has 0 aliphatic rings. The second kappa shape index (κ2) is 9.24. The topological polar surface area (TPSA) is 85.4 Å². The zero-order valence-corrected chi connectivity index (χ0v) is 15.9. The van der Waals surface area contributed by atoms with Gasteiger partial charge in [-0.3, -0.25) is 9.59 Å². The highest BCUT2D eigenvalue weighted by Gasteiger charge is 2.18. The van der Waals surface area contributed by atoms with E-state index in [1.807, 2.05) is 18.2 Å². The lowest BCUT2D eigenvalue weighted by Gasteiger charge is -2.05. The number of nitrogens with zero attached hydrogens (tertiary/aromatic N) is 1. The number of hydrogen-bond donors (Lipinski definition) is 1. The zero-order chi connectivity index (χ0) is 19.1. The molecule has 0 aliphatic heterocycles. The molecule has 0 atom stereocenters. The predicted octanol–water partition coefficient (Wildman–Crippen LogP) is 4.01.